The maximum Gasteiger partial charge on any atom is 0.0961 e. The van der Waals surface area contributed by atoms with E-state index in [1.807, 2.05) is 12.1 Å². The molecule has 1 aromatic rings. The maximum atomic E-state index is 5.68. The molecule has 0 spiro atoms. The molecule has 12 heavy (non-hydrogen) atoms. The molecule has 4 heteroatoms. The lowest BCUT2D eigenvalue weighted by Crippen LogP contribution is -1.91. The smallest absolute Gasteiger partial charge is 0.0961 e. The maximum absolute atomic E-state index is 5.68. The molecule has 0 amide bonds. The summed E-state index contributed by atoms with van der Waals surface area (Å²) in [6, 6.07) is 3.74. The van der Waals surface area contributed by atoms with Crippen LogP contribution in [-0.4, -0.2) is 24.5 Å². The summed E-state index contributed by atoms with van der Waals surface area (Å²) in [6.45, 7) is 0.745. The fourth-order valence-corrected chi connectivity index (χ4v) is 1.54. The van der Waals surface area contributed by atoms with Gasteiger partial charge in [-0.1, -0.05) is 11.6 Å². The molecule has 0 aliphatic carbocycles. The van der Waals surface area contributed by atoms with Crippen molar-refractivity contribution in [3.63, 3.8) is 0 Å². The number of hydrogen-bond donors (Lipinski definition) is 0. The Labute approximate surface area is 81.3 Å². The van der Waals surface area contributed by atoms with Gasteiger partial charge in [-0.2, -0.15) is 0 Å². The quantitative estimate of drug-likeness (QED) is 0.555. The molecule has 0 fully saturated rings. The third-order valence-corrected chi connectivity index (χ3v) is 2.37. The first-order valence-corrected chi connectivity index (χ1v) is 4.92. The van der Waals surface area contributed by atoms with Crippen LogP contribution < -0.4 is 0 Å². The van der Waals surface area contributed by atoms with Crippen molar-refractivity contribution in [1.82, 2.24) is 4.98 Å². The third-order valence-electron chi connectivity index (χ3n) is 1.24. The Morgan fingerprint density at radius 1 is 1.58 bits per heavy atom. The van der Waals surface area contributed by atoms with Crippen molar-refractivity contribution in [1.29, 1.82) is 0 Å². The number of thioether (sulfide) groups is 1. The highest BCUT2D eigenvalue weighted by Crippen LogP contribution is 2.16. The number of methoxy groups -OCH3 is 1. The predicted octanol–water partition coefficient (Wildman–Crippen LogP) is 2.47. The van der Waals surface area contributed by atoms with Crippen molar-refractivity contribution >= 4 is 23.4 Å². The van der Waals surface area contributed by atoms with Gasteiger partial charge in [-0.15, -0.1) is 11.8 Å². The molecule has 0 aliphatic heterocycles. The molecule has 0 N–H and O–H groups in total. The molecule has 0 saturated heterocycles. The summed E-state index contributed by atoms with van der Waals surface area (Å²) in [4.78, 5) is 4.13. The minimum atomic E-state index is 0.672. The van der Waals surface area contributed by atoms with Crippen LogP contribution in [0.2, 0.25) is 5.02 Å². The lowest BCUT2D eigenvalue weighted by molar-refractivity contribution is 0.218. The minimum absolute atomic E-state index is 0.672. The number of halogens is 1. The van der Waals surface area contributed by atoms with Crippen molar-refractivity contribution in [2.75, 3.05) is 19.5 Å². The standard InChI is InChI=1S/C8H10ClNOS/c1-11-4-5-12-8-3-2-7(9)6-10-8/h2-3,6H,4-5H2,1H3. The van der Waals surface area contributed by atoms with E-state index in [2.05, 4.69) is 4.98 Å². The van der Waals surface area contributed by atoms with Crippen LogP contribution in [0, 0.1) is 0 Å². The van der Waals surface area contributed by atoms with Crippen LogP contribution in [0.1, 0.15) is 0 Å². The van der Waals surface area contributed by atoms with E-state index in [1.54, 1.807) is 25.1 Å². The molecule has 0 aromatic carbocycles. The van der Waals surface area contributed by atoms with E-state index in [-0.39, 0.29) is 0 Å². The fraction of sp³-hybridized carbons (Fsp3) is 0.375. The summed E-state index contributed by atoms with van der Waals surface area (Å²) < 4.78 is 4.91. The lowest BCUT2D eigenvalue weighted by Gasteiger charge is -1.98. The number of rotatable bonds is 4. The highest BCUT2D eigenvalue weighted by atomic mass is 35.5. The fourth-order valence-electron chi connectivity index (χ4n) is 0.677. The number of nitrogens with zero attached hydrogens (tertiary/aromatic N) is 1. The Hall–Kier alpha value is -0.250. The van der Waals surface area contributed by atoms with Gasteiger partial charge in [0.2, 0.25) is 0 Å². The summed E-state index contributed by atoms with van der Waals surface area (Å²) in [5.74, 6) is 0.922. The molecule has 0 bridgehead atoms. The lowest BCUT2D eigenvalue weighted by atomic mass is 10.5. The van der Waals surface area contributed by atoms with Gasteiger partial charge >= 0.3 is 0 Å². The molecule has 0 unspecified atom stereocenters. The number of ether oxygens (including phenoxy) is 1. The first-order valence-electron chi connectivity index (χ1n) is 3.56. The molecule has 0 atom stereocenters. The molecule has 1 aromatic heterocycles. The molecule has 0 aliphatic rings. The highest BCUT2D eigenvalue weighted by Gasteiger charge is 1.94. The summed E-state index contributed by atoms with van der Waals surface area (Å²) in [5, 5.41) is 1.66. The van der Waals surface area contributed by atoms with E-state index < -0.39 is 0 Å². The van der Waals surface area contributed by atoms with Crippen molar-refractivity contribution in [2.45, 2.75) is 5.03 Å². The summed E-state index contributed by atoms with van der Waals surface area (Å²) in [7, 11) is 1.69. The zero-order valence-electron chi connectivity index (χ0n) is 6.79. The Kier molecular flexibility index (Phi) is 4.43. The second-order valence-corrected chi connectivity index (χ2v) is 3.71. The van der Waals surface area contributed by atoms with Gasteiger partial charge < -0.3 is 4.74 Å². The van der Waals surface area contributed by atoms with E-state index >= 15 is 0 Å². The molecular weight excluding hydrogens is 194 g/mol. The molecule has 2 nitrogen and oxygen atoms in total. The molecule has 1 heterocycles. The largest absolute Gasteiger partial charge is 0.384 e. The van der Waals surface area contributed by atoms with Gasteiger partial charge in [-0.25, -0.2) is 4.98 Å². The number of pyridine rings is 1. The molecular formula is C8H10ClNOS. The van der Waals surface area contributed by atoms with Crippen LogP contribution in [0.25, 0.3) is 0 Å². The van der Waals surface area contributed by atoms with Crippen molar-refractivity contribution in [3.8, 4) is 0 Å². The first kappa shape index (κ1) is 9.84. The van der Waals surface area contributed by atoms with Crippen LogP contribution in [-0.2, 0) is 4.74 Å². The number of hydrogen-bond acceptors (Lipinski definition) is 3. The van der Waals surface area contributed by atoms with Gasteiger partial charge in [0.1, 0.15) is 0 Å². The normalized spacial score (nSPS) is 10.2. The molecule has 1 rings (SSSR count). The van der Waals surface area contributed by atoms with Gasteiger partial charge in [-0.3, -0.25) is 0 Å². The Morgan fingerprint density at radius 2 is 2.42 bits per heavy atom. The zero-order chi connectivity index (χ0) is 8.81. The SMILES string of the molecule is COCCSc1ccc(Cl)cn1. The third kappa shape index (κ3) is 3.43. The Balaban J connectivity index is 2.37. The molecule has 0 radical (unpaired) electrons. The van der Waals surface area contributed by atoms with E-state index in [1.165, 1.54) is 0 Å². The predicted molar refractivity (Wildman–Crippen MR) is 51.8 cm³/mol. The first-order chi connectivity index (χ1) is 5.83. The molecule has 66 valence electrons. The van der Waals surface area contributed by atoms with Crippen LogP contribution in [0.3, 0.4) is 0 Å². The van der Waals surface area contributed by atoms with Gasteiger partial charge in [0.25, 0.3) is 0 Å². The van der Waals surface area contributed by atoms with Crippen LogP contribution in [0.5, 0.6) is 0 Å². The van der Waals surface area contributed by atoms with Gasteiger partial charge in [-0.05, 0) is 12.1 Å². The second kappa shape index (κ2) is 5.41. The zero-order valence-corrected chi connectivity index (χ0v) is 8.36. The van der Waals surface area contributed by atoms with Crippen molar-refractivity contribution in [3.05, 3.63) is 23.4 Å². The molecule has 0 saturated carbocycles. The summed E-state index contributed by atoms with van der Waals surface area (Å²) in [5.41, 5.74) is 0. The van der Waals surface area contributed by atoms with Gasteiger partial charge in [0.05, 0.1) is 16.7 Å². The topological polar surface area (TPSA) is 22.1 Å². The van der Waals surface area contributed by atoms with E-state index in [0.717, 1.165) is 17.4 Å². The number of aromatic nitrogens is 1. The average Bonchev–Trinajstić information content (AvgIpc) is 2.09. The second-order valence-electron chi connectivity index (χ2n) is 2.16. The van der Waals surface area contributed by atoms with E-state index in [0.29, 0.717) is 5.02 Å². The van der Waals surface area contributed by atoms with Crippen LogP contribution in [0.15, 0.2) is 23.4 Å². The summed E-state index contributed by atoms with van der Waals surface area (Å²) >= 11 is 7.34. The van der Waals surface area contributed by atoms with Crippen LogP contribution in [0.4, 0.5) is 0 Å². The minimum Gasteiger partial charge on any atom is -0.384 e. The van der Waals surface area contributed by atoms with E-state index in [9.17, 15) is 0 Å². The van der Waals surface area contributed by atoms with Gasteiger partial charge in [0.15, 0.2) is 0 Å². The summed E-state index contributed by atoms with van der Waals surface area (Å²) in [6.07, 6.45) is 1.65. The Bertz CT molecular complexity index is 227. The monoisotopic (exact) mass is 203 g/mol. The average molecular weight is 204 g/mol. The van der Waals surface area contributed by atoms with Crippen molar-refractivity contribution < 1.29 is 4.74 Å². The van der Waals surface area contributed by atoms with Crippen molar-refractivity contribution in [2.24, 2.45) is 0 Å². The highest BCUT2D eigenvalue weighted by molar-refractivity contribution is 7.99. The van der Waals surface area contributed by atoms with Crippen LogP contribution >= 0.6 is 23.4 Å². The van der Waals surface area contributed by atoms with Gasteiger partial charge in [0, 0.05) is 19.1 Å². The Morgan fingerprint density at radius 3 is 3.00 bits per heavy atom. The van der Waals surface area contributed by atoms with E-state index in [4.69, 9.17) is 16.3 Å².